The van der Waals surface area contributed by atoms with Gasteiger partial charge in [0.2, 0.25) is 5.91 Å². The van der Waals surface area contributed by atoms with E-state index in [1.165, 1.54) is 24.9 Å². The minimum absolute atomic E-state index is 0.0593. The summed E-state index contributed by atoms with van der Waals surface area (Å²) in [5.41, 5.74) is 3.26. The second-order valence-corrected chi connectivity index (χ2v) is 13.1. The molecule has 0 spiro atoms. The summed E-state index contributed by atoms with van der Waals surface area (Å²) in [7, 11) is 1.52. The third kappa shape index (κ3) is 9.25. The predicted molar refractivity (Wildman–Crippen MR) is 200 cm³/mol. The van der Waals surface area contributed by atoms with Gasteiger partial charge in [-0.15, -0.1) is 11.8 Å². The lowest BCUT2D eigenvalue weighted by Crippen LogP contribution is -2.30. The molecule has 0 bridgehead atoms. The van der Waals surface area contributed by atoms with Gasteiger partial charge in [-0.1, -0.05) is 89.4 Å². The summed E-state index contributed by atoms with van der Waals surface area (Å²) in [6, 6.07) is 33.4. The molecule has 0 saturated carbocycles. The van der Waals surface area contributed by atoms with Crippen LogP contribution in [0.1, 0.15) is 32.3 Å². The molecular weight excluding hydrogens is 701 g/mol. The molecule has 5 aromatic carbocycles. The molecule has 1 unspecified atom stereocenters. The van der Waals surface area contributed by atoms with Gasteiger partial charge in [0.25, 0.3) is 11.8 Å². The molecule has 1 atom stereocenters. The fourth-order valence-electron chi connectivity index (χ4n) is 4.72. The van der Waals surface area contributed by atoms with Gasteiger partial charge in [0.15, 0.2) is 0 Å². The number of carbonyl (C=O) groups is 3. The SMILES string of the molecule is COc1cc(Cl)c(C)cc1NC(=O)C(Sc1ccc(NC(=O)/C(=C/c2c(Cl)cccc2Cl)NC(=O)c2ccccc2)cc1)c1ccccc1. The molecule has 5 aromatic rings. The lowest BCUT2D eigenvalue weighted by atomic mass is 10.1. The van der Waals surface area contributed by atoms with Crippen molar-refractivity contribution < 1.29 is 19.1 Å². The highest BCUT2D eigenvalue weighted by atomic mass is 35.5. The van der Waals surface area contributed by atoms with Crippen LogP contribution in [-0.2, 0) is 9.59 Å². The maximum Gasteiger partial charge on any atom is 0.272 e. The van der Waals surface area contributed by atoms with Gasteiger partial charge in [-0.05, 0) is 78.7 Å². The molecule has 7 nitrogen and oxygen atoms in total. The Kier molecular flexibility index (Phi) is 12.0. The Morgan fingerprint density at radius 2 is 1.39 bits per heavy atom. The van der Waals surface area contributed by atoms with E-state index < -0.39 is 17.1 Å². The molecule has 3 N–H and O–H groups in total. The fourth-order valence-corrected chi connectivity index (χ4v) is 6.40. The Hall–Kier alpha value is -4.73. The van der Waals surface area contributed by atoms with Crippen LogP contribution in [0, 0.1) is 6.92 Å². The second kappa shape index (κ2) is 16.6. The number of anilines is 2. The van der Waals surface area contributed by atoms with Crippen LogP contribution in [0.15, 0.2) is 126 Å². The summed E-state index contributed by atoms with van der Waals surface area (Å²) in [6.45, 7) is 1.85. The number of rotatable bonds is 11. The molecule has 5 rings (SSSR count). The molecule has 3 amide bonds. The minimum Gasteiger partial charge on any atom is -0.495 e. The Morgan fingerprint density at radius 3 is 2.02 bits per heavy atom. The van der Waals surface area contributed by atoms with Crippen molar-refractivity contribution in [3.63, 3.8) is 0 Å². The van der Waals surface area contributed by atoms with E-state index in [9.17, 15) is 14.4 Å². The van der Waals surface area contributed by atoms with Gasteiger partial charge in [0.1, 0.15) is 16.7 Å². The molecule has 0 aromatic heterocycles. The average molecular weight is 731 g/mol. The third-order valence-corrected chi connectivity index (χ3v) is 9.60. The van der Waals surface area contributed by atoms with Crippen LogP contribution in [0.4, 0.5) is 11.4 Å². The molecular formula is C38H30Cl3N3O4S. The van der Waals surface area contributed by atoms with Crippen molar-refractivity contribution in [2.75, 3.05) is 17.7 Å². The predicted octanol–water partition coefficient (Wildman–Crippen LogP) is 9.85. The molecule has 0 fully saturated rings. The van der Waals surface area contributed by atoms with Crippen molar-refractivity contribution in [1.82, 2.24) is 5.32 Å². The summed E-state index contributed by atoms with van der Waals surface area (Å²) in [5, 5.41) is 9.05. The first-order valence-electron chi connectivity index (χ1n) is 14.9. The smallest absolute Gasteiger partial charge is 0.272 e. The molecule has 0 aliphatic carbocycles. The number of nitrogens with one attached hydrogen (secondary N) is 3. The first-order valence-corrected chi connectivity index (χ1v) is 16.9. The van der Waals surface area contributed by atoms with E-state index in [4.69, 9.17) is 39.5 Å². The molecule has 248 valence electrons. The lowest BCUT2D eigenvalue weighted by molar-refractivity contribution is -0.116. The first-order chi connectivity index (χ1) is 23.6. The fraction of sp³-hybridized carbons (Fsp3) is 0.0789. The summed E-state index contributed by atoms with van der Waals surface area (Å²) in [6.07, 6.45) is 1.44. The summed E-state index contributed by atoms with van der Waals surface area (Å²) < 4.78 is 5.46. The van der Waals surface area contributed by atoms with E-state index in [0.717, 1.165) is 16.0 Å². The van der Waals surface area contributed by atoms with E-state index in [0.29, 0.717) is 43.3 Å². The van der Waals surface area contributed by atoms with Crippen LogP contribution in [0.25, 0.3) is 6.08 Å². The van der Waals surface area contributed by atoms with Crippen molar-refractivity contribution in [2.24, 2.45) is 0 Å². The number of amides is 3. The number of benzene rings is 5. The minimum atomic E-state index is -0.620. The van der Waals surface area contributed by atoms with Gasteiger partial charge in [-0.3, -0.25) is 14.4 Å². The number of ether oxygens (including phenoxy) is 1. The largest absolute Gasteiger partial charge is 0.495 e. The second-order valence-electron chi connectivity index (χ2n) is 10.7. The summed E-state index contributed by atoms with van der Waals surface area (Å²) in [4.78, 5) is 41.1. The van der Waals surface area contributed by atoms with E-state index in [1.807, 2.05) is 37.3 Å². The first kappa shape index (κ1) is 35.6. The van der Waals surface area contributed by atoms with Gasteiger partial charge in [-0.2, -0.15) is 0 Å². The van der Waals surface area contributed by atoms with Crippen LogP contribution in [0.2, 0.25) is 15.1 Å². The number of carbonyl (C=O) groups excluding carboxylic acids is 3. The Balaban J connectivity index is 1.36. The van der Waals surface area contributed by atoms with E-state index >= 15 is 0 Å². The van der Waals surface area contributed by atoms with Crippen molar-refractivity contribution in [3.05, 3.63) is 158 Å². The van der Waals surface area contributed by atoms with Gasteiger partial charge in [0.05, 0.1) is 12.8 Å². The Labute approximate surface area is 303 Å². The molecule has 0 saturated heterocycles. The zero-order chi connectivity index (χ0) is 34.9. The summed E-state index contributed by atoms with van der Waals surface area (Å²) in [5.74, 6) is -0.871. The van der Waals surface area contributed by atoms with Crippen molar-refractivity contribution >= 4 is 81.7 Å². The van der Waals surface area contributed by atoms with Gasteiger partial charge < -0.3 is 20.7 Å². The highest BCUT2D eigenvalue weighted by Gasteiger charge is 2.24. The quantitative estimate of drug-likeness (QED) is 0.0929. The highest BCUT2D eigenvalue weighted by molar-refractivity contribution is 8.00. The number of thioether (sulfide) groups is 1. The number of methoxy groups -OCH3 is 1. The molecule has 0 aliphatic rings. The zero-order valence-electron chi connectivity index (χ0n) is 26.3. The van der Waals surface area contributed by atoms with Crippen LogP contribution in [-0.4, -0.2) is 24.8 Å². The van der Waals surface area contributed by atoms with Crippen molar-refractivity contribution in [1.29, 1.82) is 0 Å². The number of hydrogen-bond donors (Lipinski definition) is 3. The number of halogens is 3. The van der Waals surface area contributed by atoms with Crippen molar-refractivity contribution in [3.8, 4) is 5.75 Å². The maximum absolute atomic E-state index is 13.7. The number of hydrogen-bond acceptors (Lipinski definition) is 5. The van der Waals surface area contributed by atoms with E-state index in [2.05, 4.69) is 16.0 Å². The monoisotopic (exact) mass is 729 g/mol. The van der Waals surface area contributed by atoms with Gasteiger partial charge >= 0.3 is 0 Å². The standard InChI is InChI=1S/C38H30Cl3N3O4S/c1-23-20-32(34(48-2)22-31(23)41)43-38(47)35(24-10-5-3-6-11-24)49-27-18-16-26(17-19-27)42-37(46)33(21-28-29(39)14-9-15-30(28)40)44-36(45)25-12-7-4-8-13-25/h3-22,35H,1-2H3,(H,42,46)(H,43,47)(H,44,45)/b33-21-. The van der Waals surface area contributed by atoms with Gasteiger partial charge in [0, 0.05) is 42.8 Å². The van der Waals surface area contributed by atoms with Crippen LogP contribution < -0.4 is 20.7 Å². The van der Waals surface area contributed by atoms with Crippen LogP contribution >= 0.6 is 46.6 Å². The number of aryl methyl sites for hydroxylation is 1. The van der Waals surface area contributed by atoms with Crippen LogP contribution in [0.3, 0.4) is 0 Å². The molecule has 0 aliphatic heterocycles. The average Bonchev–Trinajstić information content (AvgIpc) is 3.11. The Morgan fingerprint density at radius 1 is 0.755 bits per heavy atom. The van der Waals surface area contributed by atoms with E-state index in [1.54, 1.807) is 84.9 Å². The molecule has 0 heterocycles. The molecule has 0 radical (unpaired) electrons. The molecule has 11 heteroatoms. The van der Waals surface area contributed by atoms with Crippen molar-refractivity contribution in [2.45, 2.75) is 17.1 Å². The van der Waals surface area contributed by atoms with Gasteiger partial charge in [-0.25, -0.2) is 0 Å². The summed E-state index contributed by atoms with van der Waals surface area (Å²) >= 11 is 20.4. The zero-order valence-corrected chi connectivity index (χ0v) is 29.4. The highest BCUT2D eigenvalue weighted by Crippen LogP contribution is 2.38. The molecule has 49 heavy (non-hydrogen) atoms. The third-order valence-electron chi connectivity index (χ3n) is 7.26. The topological polar surface area (TPSA) is 96.5 Å². The van der Waals surface area contributed by atoms with Crippen LogP contribution in [0.5, 0.6) is 5.75 Å². The normalized spacial score (nSPS) is 11.7. The lowest BCUT2D eigenvalue weighted by Gasteiger charge is -2.19. The Bertz CT molecular complexity index is 1990. The maximum atomic E-state index is 13.7. The van der Waals surface area contributed by atoms with E-state index in [-0.39, 0.29) is 11.6 Å².